The standard InChI is InChI=1S/C14H25N3/c1-11-8-13(14(2,3)4)7-6-12(11)9-17(5)10-16-15/h6-8,16H,9-10,15H2,1-5H3. The number of aryl methyl sites for hydroxylation is 1. The molecule has 0 radical (unpaired) electrons. The van der Waals surface area contributed by atoms with Crippen LogP contribution < -0.4 is 11.3 Å². The lowest BCUT2D eigenvalue weighted by molar-refractivity contribution is 0.301. The van der Waals surface area contributed by atoms with Crippen LogP contribution in [0.4, 0.5) is 0 Å². The summed E-state index contributed by atoms with van der Waals surface area (Å²) < 4.78 is 0. The summed E-state index contributed by atoms with van der Waals surface area (Å²) in [6.07, 6.45) is 0. The van der Waals surface area contributed by atoms with Crippen molar-refractivity contribution >= 4 is 0 Å². The number of nitrogens with two attached hydrogens (primary N) is 1. The molecule has 0 aromatic heterocycles. The van der Waals surface area contributed by atoms with Gasteiger partial charge in [0.15, 0.2) is 0 Å². The van der Waals surface area contributed by atoms with E-state index in [-0.39, 0.29) is 5.41 Å². The molecule has 1 aromatic rings. The molecular formula is C14H25N3. The monoisotopic (exact) mass is 235 g/mol. The molecule has 3 N–H and O–H groups in total. The van der Waals surface area contributed by atoms with Gasteiger partial charge in [0.05, 0.1) is 6.67 Å². The predicted molar refractivity (Wildman–Crippen MR) is 73.5 cm³/mol. The van der Waals surface area contributed by atoms with Gasteiger partial charge in [-0.05, 0) is 36.1 Å². The Hall–Kier alpha value is -0.900. The molecule has 0 bridgehead atoms. The zero-order valence-corrected chi connectivity index (χ0v) is 11.7. The second-order valence-electron chi connectivity index (χ2n) is 5.77. The van der Waals surface area contributed by atoms with E-state index in [2.05, 4.69) is 63.3 Å². The SMILES string of the molecule is Cc1cc(C(C)(C)C)ccc1CN(C)CNN. The summed E-state index contributed by atoms with van der Waals surface area (Å²) >= 11 is 0. The van der Waals surface area contributed by atoms with E-state index in [1.807, 2.05) is 0 Å². The minimum absolute atomic E-state index is 0.216. The van der Waals surface area contributed by atoms with Crippen LogP contribution in [0.25, 0.3) is 0 Å². The Morgan fingerprint density at radius 2 is 1.94 bits per heavy atom. The van der Waals surface area contributed by atoms with Crippen LogP contribution in [0.1, 0.15) is 37.5 Å². The number of rotatable bonds is 4. The molecule has 0 aliphatic heterocycles. The molecule has 0 atom stereocenters. The average Bonchev–Trinajstić information content (AvgIpc) is 2.20. The van der Waals surface area contributed by atoms with E-state index in [1.165, 1.54) is 16.7 Å². The summed E-state index contributed by atoms with van der Waals surface area (Å²) in [5, 5.41) is 0. The Labute approximate surface area is 105 Å². The Morgan fingerprint density at radius 1 is 1.29 bits per heavy atom. The molecule has 0 aliphatic rings. The maximum atomic E-state index is 5.31. The average molecular weight is 235 g/mol. The van der Waals surface area contributed by atoms with Crippen LogP contribution in [0.2, 0.25) is 0 Å². The van der Waals surface area contributed by atoms with Gasteiger partial charge in [0, 0.05) is 6.54 Å². The minimum atomic E-state index is 0.216. The van der Waals surface area contributed by atoms with Gasteiger partial charge in [0.1, 0.15) is 0 Å². The number of hydrazine groups is 1. The number of hydrogen-bond donors (Lipinski definition) is 2. The normalized spacial score (nSPS) is 12.2. The van der Waals surface area contributed by atoms with Crippen molar-refractivity contribution in [2.75, 3.05) is 13.7 Å². The Kier molecular flexibility index (Phi) is 4.69. The van der Waals surface area contributed by atoms with Crippen molar-refractivity contribution in [2.24, 2.45) is 5.84 Å². The van der Waals surface area contributed by atoms with Crippen molar-refractivity contribution in [1.29, 1.82) is 0 Å². The van der Waals surface area contributed by atoms with E-state index in [0.29, 0.717) is 6.67 Å². The van der Waals surface area contributed by atoms with Gasteiger partial charge in [-0.25, -0.2) is 5.43 Å². The van der Waals surface area contributed by atoms with E-state index in [9.17, 15) is 0 Å². The molecular weight excluding hydrogens is 210 g/mol. The van der Waals surface area contributed by atoms with Crippen molar-refractivity contribution in [3.05, 3.63) is 34.9 Å². The largest absolute Gasteiger partial charge is 0.288 e. The molecule has 1 aromatic carbocycles. The van der Waals surface area contributed by atoms with E-state index >= 15 is 0 Å². The van der Waals surface area contributed by atoms with Crippen molar-refractivity contribution in [2.45, 2.75) is 39.7 Å². The number of nitrogens with one attached hydrogen (secondary N) is 1. The molecule has 0 heterocycles. The minimum Gasteiger partial charge on any atom is -0.288 e. The van der Waals surface area contributed by atoms with Crippen molar-refractivity contribution in [1.82, 2.24) is 10.3 Å². The first-order valence-corrected chi connectivity index (χ1v) is 6.06. The van der Waals surface area contributed by atoms with Crippen molar-refractivity contribution in [3.63, 3.8) is 0 Å². The quantitative estimate of drug-likeness (QED) is 0.477. The lowest BCUT2D eigenvalue weighted by Crippen LogP contribution is -2.35. The molecule has 0 fully saturated rings. The first kappa shape index (κ1) is 14.2. The molecule has 17 heavy (non-hydrogen) atoms. The van der Waals surface area contributed by atoms with Crippen LogP contribution in [0.3, 0.4) is 0 Å². The van der Waals surface area contributed by atoms with Crippen LogP contribution in [0.15, 0.2) is 18.2 Å². The summed E-state index contributed by atoms with van der Waals surface area (Å²) in [5.41, 5.74) is 6.98. The summed E-state index contributed by atoms with van der Waals surface area (Å²) in [7, 11) is 2.05. The highest BCUT2D eigenvalue weighted by atomic mass is 15.3. The molecule has 0 aliphatic carbocycles. The van der Waals surface area contributed by atoms with Gasteiger partial charge in [0.2, 0.25) is 0 Å². The molecule has 0 saturated carbocycles. The summed E-state index contributed by atoms with van der Waals surface area (Å²) in [6.45, 7) is 10.5. The zero-order chi connectivity index (χ0) is 13.1. The van der Waals surface area contributed by atoms with E-state index in [0.717, 1.165) is 6.54 Å². The summed E-state index contributed by atoms with van der Waals surface area (Å²) in [5.74, 6) is 5.31. The van der Waals surface area contributed by atoms with Crippen LogP contribution in [0, 0.1) is 6.92 Å². The molecule has 1 rings (SSSR count). The Bertz CT molecular complexity index is 366. The Morgan fingerprint density at radius 3 is 2.41 bits per heavy atom. The highest BCUT2D eigenvalue weighted by Crippen LogP contribution is 2.24. The summed E-state index contributed by atoms with van der Waals surface area (Å²) in [6, 6.07) is 6.74. The van der Waals surface area contributed by atoms with Crippen LogP contribution in [-0.2, 0) is 12.0 Å². The third-order valence-electron chi connectivity index (χ3n) is 3.01. The van der Waals surface area contributed by atoms with Gasteiger partial charge in [-0.3, -0.25) is 10.7 Å². The molecule has 3 nitrogen and oxygen atoms in total. The number of benzene rings is 1. The first-order chi connectivity index (χ1) is 7.84. The first-order valence-electron chi connectivity index (χ1n) is 6.06. The number of hydrogen-bond acceptors (Lipinski definition) is 3. The van der Waals surface area contributed by atoms with E-state index < -0.39 is 0 Å². The molecule has 96 valence electrons. The van der Waals surface area contributed by atoms with Crippen LogP contribution in [0.5, 0.6) is 0 Å². The highest BCUT2D eigenvalue weighted by Gasteiger charge is 2.14. The zero-order valence-electron chi connectivity index (χ0n) is 11.7. The second kappa shape index (κ2) is 5.63. The maximum absolute atomic E-state index is 5.31. The van der Waals surface area contributed by atoms with Crippen molar-refractivity contribution in [3.8, 4) is 0 Å². The van der Waals surface area contributed by atoms with Gasteiger partial charge < -0.3 is 0 Å². The molecule has 0 spiro atoms. The number of nitrogens with zero attached hydrogens (tertiary/aromatic N) is 1. The molecule has 0 saturated heterocycles. The fraction of sp³-hybridized carbons (Fsp3) is 0.571. The second-order valence-corrected chi connectivity index (χ2v) is 5.77. The third-order valence-corrected chi connectivity index (χ3v) is 3.01. The Balaban J connectivity index is 2.83. The maximum Gasteiger partial charge on any atom is 0.0612 e. The fourth-order valence-electron chi connectivity index (χ4n) is 1.84. The predicted octanol–water partition coefficient (Wildman–Crippen LogP) is 2.15. The van der Waals surface area contributed by atoms with Gasteiger partial charge in [-0.2, -0.15) is 0 Å². The molecule has 0 amide bonds. The van der Waals surface area contributed by atoms with Gasteiger partial charge in [-0.1, -0.05) is 39.0 Å². The van der Waals surface area contributed by atoms with Gasteiger partial charge in [0.25, 0.3) is 0 Å². The van der Waals surface area contributed by atoms with Crippen LogP contribution in [-0.4, -0.2) is 18.6 Å². The van der Waals surface area contributed by atoms with Crippen molar-refractivity contribution < 1.29 is 0 Å². The lowest BCUT2D eigenvalue weighted by Gasteiger charge is -2.22. The highest BCUT2D eigenvalue weighted by molar-refractivity contribution is 5.34. The van der Waals surface area contributed by atoms with Gasteiger partial charge >= 0.3 is 0 Å². The lowest BCUT2D eigenvalue weighted by atomic mass is 9.85. The molecule has 3 heteroatoms. The third kappa shape index (κ3) is 4.11. The smallest absolute Gasteiger partial charge is 0.0612 e. The van der Waals surface area contributed by atoms with Crippen LogP contribution >= 0.6 is 0 Å². The van der Waals surface area contributed by atoms with E-state index in [4.69, 9.17) is 5.84 Å². The topological polar surface area (TPSA) is 41.3 Å². The molecule has 0 unspecified atom stereocenters. The fourth-order valence-corrected chi connectivity index (χ4v) is 1.84. The van der Waals surface area contributed by atoms with E-state index in [1.54, 1.807) is 0 Å². The van der Waals surface area contributed by atoms with Gasteiger partial charge in [-0.15, -0.1) is 0 Å². The summed E-state index contributed by atoms with van der Waals surface area (Å²) in [4.78, 5) is 2.15.